The molecule has 0 unspecified atom stereocenters. The first-order valence-corrected chi connectivity index (χ1v) is 5.20. The highest BCUT2D eigenvalue weighted by atomic mass is 32.1. The Hall–Kier alpha value is -1.70. The van der Waals surface area contributed by atoms with Crippen molar-refractivity contribution >= 4 is 28.4 Å². The van der Waals surface area contributed by atoms with Gasteiger partial charge in [0.05, 0.1) is 14.2 Å². The highest BCUT2D eigenvalue weighted by Gasteiger charge is 2.18. The maximum absolute atomic E-state index is 11.1. The van der Waals surface area contributed by atoms with Crippen LogP contribution in [0.2, 0.25) is 0 Å². The summed E-state index contributed by atoms with van der Waals surface area (Å²) in [6.07, 6.45) is 0. The van der Waals surface area contributed by atoms with Crippen LogP contribution in [0.25, 0.3) is 0 Å². The third-order valence-electron chi connectivity index (χ3n) is 1.71. The van der Waals surface area contributed by atoms with Crippen LogP contribution in [-0.2, 0) is 19.1 Å². The molecular weight excluding hydrogens is 234 g/mol. The van der Waals surface area contributed by atoms with Gasteiger partial charge in [0.15, 0.2) is 0 Å². The number of nitrogens with zero attached hydrogens (tertiary/aromatic N) is 3. The Balaban J connectivity index is 2.69. The fourth-order valence-electron chi connectivity index (χ4n) is 0.937. The van der Waals surface area contributed by atoms with Crippen LogP contribution in [0, 0.1) is 0 Å². The van der Waals surface area contributed by atoms with Crippen molar-refractivity contribution in [3.8, 4) is 0 Å². The molecular formula is C8H11N3O4S. The first-order chi connectivity index (χ1) is 7.67. The average molecular weight is 245 g/mol. The van der Waals surface area contributed by atoms with E-state index in [0.29, 0.717) is 5.13 Å². The fourth-order valence-corrected chi connectivity index (χ4v) is 1.50. The number of methoxy groups -OCH3 is 2. The molecule has 0 amide bonds. The van der Waals surface area contributed by atoms with Crippen LogP contribution in [0.15, 0.2) is 5.51 Å². The lowest BCUT2D eigenvalue weighted by Crippen LogP contribution is -2.35. The molecule has 0 aliphatic rings. The molecule has 8 heteroatoms. The molecule has 0 N–H and O–H groups in total. The topological polar surface area (TPSA) is 81.6 Å². The van der Waals surface area contributed by atoms with Crippen LogP contribution in [0.4, 0.5) is 5.13 Å². The van der Waals surface area contributed by atoms with Crippen LogP contribution >= 0.6 is 11.3 Å². The van der Waals surface area contributed by atoms with Gasteiger partial charge in [0.2, 0.25) is 5.13 Å². The minimum Gasteiger partial charge on any atom is -0.468 e. The molecule has 0 saturated heterocycles. The number of esters is 2. The highest BCUT2D eigenvalue weighted by Crippen LogP contribution is 2.15. The summed E-state index contributed by atoms with van der Waals surface area (Å²) in [4.78, 5) is 23.7. The number of hydrogen-bond acceptors (Lipinski definition) is 8. The van der Waals surface area contributed by atoms with Crippen LogP contribution in [0.1, 0.15) is 0 Å². The predicted molar refractivity (Wildman–Crippen MR) is 56.2 cm³/mol. The third-order valence-corrected chi connectivity index (χ3v) is 2.46. The summed E-state index contributed by atoms with van der Waals surface area (Å²) in [5, 5.41) is 7.87. The van der Waals surface area contributed by atoms with Crippen LogP contribution < -0.4 is 4.90 Å². The monoisotopic (exact) mass is 245 g/mol. The van der Waals surface area contributed by atoms with E-state index in [0.717, 1.165) is 0 Å². The molecule has 0 atom stereocenters. The normalized spacial score (nSPS) is 9.62. The van der Waals surface area contributed by atoms with Gasteiger partial charge in [-0.25, -0.2) is 0 Å². The molecule has 0 aliphatic heterocycles. The Labute approximate surface area is 96.0 Å². The van der Waals surface area contributed by atoms with Gasteiger partial charge in [-0.3, -0.25) is 9.59 Å². The Bertz CT molecular complexity index is 336. The van der Waals surface area contributed by atoms with Gasteiger partial charge in [0.1, 0.15) is 18.6 Å². The lowest BCUT2D eigenvalue weighted by atomic mass is 10.5. The summed E-state index contributed by atoms with van der Waals surface area (Å²) in [5.41, 5.74) is 1.51. The number of carbonyl (C=O) groups excluding carboxylic acids is 2. The van der Waals surface area contributed by atoms with E-state index in [4.69, 9.17) is 0 Å². The number of carbonyl (C=O) groups is 2. The van der Waals surface area contributed by atoms with Gasteiger partial charge in [-0.1, -0.05) is 11.3 Å². The molecule has 0 bridgehead atoms. The second-order valence-electron chi connectivity index (χ2n) is 2.73. The minimum absolute atomic E-state index is 0.0687. The third kappa shape index (κ3) is 3.46. The van der Waals surface area contributed by atoms with Gasteiger partial charge in [-0.15, -0.1) is 10.2 Å². The standard InChI is InChI=1S/C8H11N3O4S/c1-14-6(12)3-11(4-7(13)15-2)8-10-9-5-16-8/h5H,3-4H2,1-2H3. The molecule has 1 rings (SSSR count). The number of aromatic nitrogens is 2. The summed E-state index contributed by atoms with van der Waals surface area (Å²) >= 11 is 1.22. The summed E-state index contributed by atoms with van der Waals surface area (Å²) in [6.45, 7) is -0.137. The van der Waals surface area contributed by atoms with Gasteiger partial charge in [0, 0.05) is 0 Å². The molecule has 0 spiro atoms. The first-order valence-electron chi connectivity index (χ1n) is 4.32. The van der Waals surface area contributed by atoms with Gasteiger partial charge in [-0.05, 0) is 0 Å². The summed E-state index contributed by atoms with van der Waals surface area (Å²) < 4.78 is 9.04. The van der Waals surface area contributed by atoms with Crippen molar-refractivity contribution in [1.29, 1.82) is 0 Å². The molecule has 0 aromatic carbocycles. The highest BCUT2D eigenvalue weighted by molar-refractivity contribution is 7.13. The number of rotatable bonds is 5. The van der Waals surface area contributed by atoms with Crippen molar-refractivity contribution in [2.45, 2.75) is 0 Å². The molecule has 0 saturated carbocycles. The van der Waals surface area contributed by atoms with Gasteiger partial charge < -0.3 is 14.4 Å². The molecule has 1 aromatic heterocycles. The molecule has 88 valence electrons. The Morgan fingerprint density at radius 1 is 1.31 bits per heavy atom. The quantitative estimate of drug-likeness (QED) is 0.658. The first kappa shape index (κ1) is 12.4. The van der Waals surface area contributed by atoms with Crippen molar-refractivity contribution < 1.29 is 19.1 Å². The number of hydrogen-bond donors (Lipinski definition) is 0. The number of ether oxygens (including phenoxy) is 2. The van der Waals surface area contributed by atoms with E-state index >= 15 is 0 Å². The zero-order chi connectivity index (χ0) is 12.0. The van der Waals surface area contributed by atoms with Gasteiger partial charge >= 0.3 is 11.9 Å². The Morgan fingerprint density at radius 2 is 1.88 bits per heavy atom. The molecule has 1 aromatic rings. The van der Waals surface area contributed by atoms with Crippen molar-refractivity contribution in [3.63, 3.8) is 0 Å². The summed E-state index contributed by atoms with van der Waals surface area (Å²) in [7, 11) is 2.55. The van der Waals surface area contributed by atoms with E-state index in [1.807, 2.05) is 0 Å². The molecule has 0 fully saturated rings. The SMILES string of the molecule is COC(=O)CN(CC(=O)OC)c1nncs1. The molecule has 1 heterocycles. The van der Waals surface area contributed by atoms with E-state index in [1.165, 1.54) is 36.0 Å². The molecule has 7 nitrogen and oxygen atoms in total. The van der Waals surface area contributed by atoms with E-state index in [2.05, 4.69) is 19.7 Å². The van der Waals surface area contributed by atoms with Crippen LogP contribution in [0.3, 0.4) is 0 Å². The maximum atomic E-state index is 11.1. The second kappa shape index (κ2) is 6.01. The molecule has 16 heavy (non-hydrogen) atoms. The van der Waals surface area contributed by atoms with Crippen LogP contribution in [-0.4, -0.2) is 49.4 Å². The summed E-state index contributed by atoms with van der Waals surface area (Å²) in [6, 6.07) is 0. The van der Waals surface area contributed by atoms with E-state index in [1.54, 1.807) is 0 Å². The van der Waals surface area contributed by atoms with Crippen molar-refractivity contribution in [2.75, 3.05) is 32.2 Å². The Morgan fingerprint density at radius 3 is 2.25 bits per heavy atom. The largest absolute Gasteiger partial charge is 0.468 e. The molecule has 0 aliphatic carbocycles. The average Bonchev–Trinajstić information content (AvgIpc) is 2.81. The van der Waals surface area contributed by atoms with Gasteiger partial charge in [-0.2, -0.15) is 0 Å². The van der Waals surface area contributed by atoms with E-state index < -0.39 is 11.9 Å². The zero-order valence-electron chi connectivity index (χ0n) is 8.87. The van der Waals surface area contributed by atoms with Crippen molar-refractivity contribution in [3.05, 3.63) is 5.51 Å². The lowest BCUT2D eigenvalue weighted by Gasteiger charge is -2.17. The number of anilines is 1. The lowest BCUT2D eigenvalue weighted by molar-refractivity contribution is -0.140. The van der Waals surface area contributed by atoms with Crippen molar-refractivity contribution in [1.82, 2.24) is 10.2 Å². The van der Waals surface area contributed by atoms with E-state index in [-0.39, 0.29) is 13.1 Å². The van der Waals surface area contributed by atoms with E-state index in [9.17, 15) is 9.59 Å². The Kier molecular flexibility index (Phi) is 4.65. The fraction of sp³-hybridized carbons (Fsp3) is 0.500. The maximum Gasteiger partial charge on any atom is 0.325 e. The van der Waals surface area contributed by atoms with Crippen LogP contribution in [0.5, 0.6) is 0 Å². The van der Waals surface area contributed by atoms with Gasteiger partial charge in [0.25, 0.3) is 0 Å². The smallest absolute Gasteiger partial charge is 0.325 e. The molecule has 0 radical (unpaired) electrons. The summed E-state index contributed by atoms with van der Waals surface area (Å²) in [5.74, 6) is -0.918. The zero-order valence-corrected chi connectivity index (χ0v) is 9.69. The predicted octanol–water partition coefficient (Wildman–Crippen LogP) is -0.310. The van der Waals surface area contributed by atoms with Crippen molar-refractivity contribution in [2.24, 2.45) is 0 Å². The second-order valence-corrected chi connectivity index (χ2v) is 3.54. The minimum atomic E-state index is -0.459.